The predicted octanol–water partition coefficient (Wildman–Crippen LogP) is 4.39. The quantitative estimate of drug-likeness (QED) is 0.375. The minimum Gasteiger partial charge on any atom is -0.490 e. The highest BCUT2D eigenvalue weighted by Crippen LogP contribution is 2.33. The lowest BCUT2D eigenvalue weighted by molar-refractivity contribution is -0.113. The van der Waals surface area contributed by atoms with E-state index >= 15 is 0 Å². The lowest BCUT2D eigenvalue weighted by atomic mass is 10.0. The van der Waals surface area contributed by atoms with Crippen molar-refractivity contribution in [3.05, 3.63) is 76.7 Å². The summed E-state index contributed by atoms with van der Waals surface area (Å²) in [6.45, 7) is 2.23. The molecule has 7 heteroatoms. The van der Waals surface area contributed by atoms with Crippen LogP contribution in [-0.2, 0) is 4.79 Å². The average molecular weight is 418 g/mol. The van der Waals surface area contributed by atoms with E-state index in [0.29, 0.717) is 34.1 Å². The Labute approximate surface area is 177 Å². The van der Waals surface area contributed by atoms with Crippen molar-refractivity contribution in [3.8, 4) is 11.5 Å². The molecule has 0 saturated carbocycles. The Morgan fingerprint density at radius 3 is 2.67 bits per heavy atom. The molecule has 0 aliphatic carbocycles. The second kappa shape index (κ2) is 8.42. The molecule has 3 aromatic carbocycles. The van der Waals surface area contributed by atoms with Crippen LogP contribution in [0.15, 0.2) is 70.6 Å². The third-order valence-electron chi connectivity index (χ3n) is 4.41. The van der Waals surface area contributed by atoms with Gasteiger partial charge in [-0.05, 0) is 59.3 Å². The summed E-state index contributed by atoms with van der Waals surface area (Å²) in [5.41, 5.74) is 6.78. The number of hydrogen-bond acceptors (Lipinski definition) is 6. The zero-order valence-electron chi connectivity index (χ0n) is 16.1. The number of amidine groups is 1. The third-order valence-corrected chi connectivity index (χ3v) is 5.23. The lowest BCUT2D eigenvalue weighted by Crippen LogP contribution is -2.10. The van der Waals surface area contributed by atoms with Crippen molar-refractivity contribution >= 4 is 45.7 Å². The molecule has 1 aliphatic rings. The van der Waals surface area contributed by atoms with Crippen LogP contribution in [0.25, 0.3) is 16.8 Å². The molecule has 3 aromatic rings. The number of aliphatic imine (C=N–C) groups is 1. The summed E-state index contributed by atoms with van der Waals surface area (Å²) in [7, 11) is 0. The topological polar surface area (TPSA) is 91.0 Å². The third kappa shape index (κ3) is 4.06. The Hall–Kier alpha value is -3.58. The van der Waals surface area contributed by atoms with E-state index in [-0.39, 0.29) is 11.1 Å². The number of amides is 1. The van der Waals surface area contributed by atoms with Gasteiger partial charge in [0.25, 0.3) is 5.91 Å². The van der Waals surface area contributed by atoms with E-state index in [4.69, 9.17) is 15.2 Å². The summed E-state index contributed by atoms with van der Waals surface area (Å²) in [5.74, 6) is -0.133. The molecule has 4 rings (SSSR count). The van der Waals surface area contributed by atoms with E-state index in [2.05, 4.69) is 4.99 Å². The van der Waals surface area contributed by atoms with E-state index < -0.39 is 5.97 Å². The number of nitrogens with two attached hydrogens (primary N) is 1. The molecule has 2 N–H and O–H groups in total. The molecule has 0 fully saturated rings. The number of carbonyl (C=O) groups is 2. The number of carbonyl (C=O) groups excluding carboxylic acids is 2. The van der Waals surface area contributed by atoms with Crippen molar-refractivity contribution in [2.75, 3.05) is 6.61 Å². The molecular formula is C23H18N2O4S. The Morgan fingerprint density at radius 1 is 1.10 bits per heavy atom. The maximum Gasteiger partial charge on any atom is 0.344 e. The summed E-state index contributed by atoms with van der Waals surface area (Å²) in [5, 5.41) is 2.00. The number of nitrogens with zero attached hydrogens (tertiary/aromatic N) is 1. The fraction of sp³-hybridized carbons (Fsp3) is 0.0870. The van der Waals surface area contributed by atoms with Gasteiger partial charge in [-0.3, -0.25) is 4.79 Å². The van der Waals surface area contributed by atoms with Gasteiger partial charge in [0.15, 0.2) is 16.7 Å². The number of benzene rings is 3. The second-order valence-corrected chi connectivity index (χ2v) is 7.48. The van der Waals surface area contributed by atoms with Crippen molar-refractivity contribution in [1.82, 2.24) is 0 Å². The van der Waals surface area contributed by atoms with Gasteiger partial charge in [0, 0.05) is 0 Å². The maximum absolute atomic E-state index is 12.9. The molecule has 1 aliphatic heterocycles. The number of esters is 1. The SMILES string of the molecule is CCOc1cc(/C=C2\SC(N)=NC2=O)ccc1OC(=O)c1cccc2ccccc12. The van der Waals surface area contributed by atoms with Crippen molar-refractivity contribution < 1.29 is 19.1 Å². The molecule has 30 heavy (non-hydrogen) atoms. The number of ether oxygens (including phenoxy) is 2. The van der Waals surface area contributed by atoms with Gasteiger partial charge in [-0.15, -0.1) is 0 Å². The van der Waals surface area contributed by atoms with Gasteiger partial charge in [-0.25, -0.2) is 4.79 Å². The summed E-state index contributed by atoms with van der Waals surface area (Å²) in [6.07, 6.45) is 1.68. The van der Waals surface area contributed by atoms with Gasteiger partial charge in [0.1, 0.15) is 0 Å². The largest absolute Gasteiger partial charge is 0.490 e. The van der Waals surface area contributed by atoms with Gasteiger partial charge in [-0.1, -0.05) is 42.5 Å². The number of rotatable bonds is 5. The summed E-state index contributed by atoms with van der Waals surface area (Å²) >= 11 is 1.11. The first-order valence-electron chi connectivity index (χ1n) is 9.30. The van der Waals surface area contributed by atoms with Crippen molar-refractivity contribution in [1.29, 1.82) is 0 Å². The van der Waals surface area contributed by atoms with E-state index in [0.717, 1.165) is 22.5 Å². The molecule has 1 heterocycles. The van der Waals surface area contributed by atoms with Crippen LogP contribution in [-0.4, -0.2) is 23.7 Å². The van der Waals surface area contributed by atoms with Gasteiger partial charge in [0.05, 0.1) is 17.1 Å². The fourth-order valence-electron chi connectivity index (χ4n) is 3.10. The van der Waals surface area contributed by atoms with Crippen LogP contribution in [0, 0.1) is 0 Å². The van der Waals surface area contributed by atoms with Crippen LogP contribution >= 0.6 is 11.8 Å². The average Bonchev–Trinajstić information content (AvgIpc) is 3.06. The molecule has 0 bridgehead atoms. The minimum atomic E-state index is -0.471. The molecule has 6 nitrogen and oxygen atoms in total. The van der Waals surface area contributed by atoms with Gasteiger partial charge in [-0.2, -0.15) is 4.99 Å². The molecule has 0 unspecified atom stereocenters. The summed E-state index contributed by atoms with van der Waals surface area (Å²) in [4.78, 5) is 28.8. The Bertz CT molecular complexity index is 1210. The highest BCUT2D eigenvalue weighted by Gasteiger charge is 2.20. The molecule has 0 saturated heterocycles. The maximum atomic E-state index is 12.9. The van der Waals surface area contributed by atoms with Gasteiger partial charge in [0.2, 0.25) is 0 Å². The van der Waals surface area contributed by atoms with Crippen LogP contribution in [0.3, 0.4) is 0 Å². The molecular weight excluding hydrogens is 400 g/mol. The summed E-state index contributed by atoms with van der Waals surface area (Å²) < 4.78 is 11.3. The number of hydrogen-bond donors (Lipinski definition) is 1. The lowest BCUT2D eigenvalue weighted by Gasteiger charge is -2.12. The normalized spacial score (nSPS) is 14.8. The first-order valence-corrected chi connectivity index (χ1v) is 10.1. The molecule has 0 atom stereocenters. The highest BCUT2D eigenvalue weighted by molar-refractivity contribution is 8.18. The van der Waals surface area contributed by atoms with Crippen LogP contribution in [0.2, 0.25) is 0 Å². The van der Waals surface area contributed by atoms with E-state index in [1.807, 2.05) is 43.3 Å². The van der Waals surface area contributed by atoms with Crippen molar-refractivity contribution in [2.45, 2.75) is 6.92 Å². The first-order chi connectivity index (χ1) is 14.5. The molecule has 0 radical (unpaired) electrons. The zero-order valence-corrected chi connectivity index (χ0v) is 16.9. The van der Waals surface area contributed by atoms with Crippen molar-refractivity contribution in [2.24, 2.45) is 10.7 Å². The van der Waals surface area contributed by atoms with Gasteiger partial charge >= 0.3 is 5.97 Å². The van der Waals surface area contributed by atoms with Gasteiger partial charge < -0.3 is 15.2 Å². The Balaban J connectivity index is 1.63. The Morgan fingerprint density at radius 2 is 1.90 bits per heavy atom. The van der Waals surface area contributed by atoms with E-state index in [1.54, 1.807) is 30.3 Å². The predicted molar refractivity (Wildman–Crippen MR) is 119 cm³/mol. The number of thioether (sulfide) groups is 1. The molecule has 1 amide bonds. The van der Waals surface area contributed by atoms with Crippen LogP contribution < -0.4 is 15.2 Å². The smallest absolute Gasteiger partial charge is 0.344 e. The fourth-order valence-corrected chi connectivity index (χ4v) is 3.78. The minimum absolute atomic E-state index is 0.219. The first kappa shape index (κ1) is 19.7. The molecule has 0 aromatic heterocycles. The van der Waals surface area contributed by atoms with E-state index in [1.165, 1.54) is 0 Å². The second-order valence-electron chi connectivity index (χ2n) is 6.42. The van der Waals surface area contributed by atoms with Crippen LogP contribution in [0.1, 0.15) is 22.8 Å². The Kier molecular flexibility index (Phi) is 5.54. The van der Waals surface area contributed by atoms with Crippen molar-refractivity contribution in [3.63, 3.8) is 0 Å². The van der Waals surface area contributed by atoms with Crippen LogP contribution in [0.5, 0.6) is 11.5 Å². The highest BCUT2D eigenvalue weighted by atomic mass is 32.2. The molecule has 150 valence electrons. The monoisotopic (exact) mass is 418 g/mol. The molecule has 0 spiro atoms. The van der Waals surface area contributed by atoms with E-state index in [9.17, 15) is 9.59 Å². The number of fused-ring (bicyclic) bond motifs is 1. The zero-order chi connectivity index (χ0) is 21.1. The van der Waals surface area contributed by atoms with Crippen LogP contribution in [0.4, 0.5) is 0 Å². The standard InChI is InChI=1S/C23H18N2O4S/c1-2-28-19-12-14(13-20-21(26)25-23(24)30-20)10-11-18(19)29-22(27)17-9-5-7-15-6-3-4-8-16(15)17/h3-13H,2H2,1H3,(H2,24,25,26)/b20-13-. The summed E-state index contributed by atoms with van der Waals surface area (Å²) in [6, 6.07) is 18.2.